The van der Waals surface area contributed by atoms with Gasteiger partial charge in [0, 0.05) is 12.6 Å². The molecule has 0 saturated carbocycles. The fourth-order valence-electron chi connectivity index (χ4n) is 3.07. The summed E-state index contributed by atoms with van der Waals surface area (Å²) in [6, 6.07) is 6.15. The first-order chi connectivity index (χ1) is 12.6. The third-order valence-corrected chi connectivity index (χ3v) is 6.12. The Morgan fingerprint density at radius 2 is 1.81 bits per heavy atom. The molecule has 150 valence electrons. The van der Waals surface area contributed by atoms with Gasteiger partial charge in [-0.25, -0.2) is 13.2 Å². The molecule has 0 aliphatic carbocycles. The van der Waals surface area contributed by atoms with E-state index in [2.05, 4.69) is 0 Å². The van der Waals surface area contributed by atoms with E-state index in [1.165, 1.54) is 11.8 Å². The Kier molecular flexibility index (Phi) is 6.86. The molecule has 1 heterocycles. The molecule has 1 aromatic carbocycles. The summed E-state index contributed by atoms with van der Waals surface area (Å²) in [4.78, 5) is 26.4. The van der Waals surface area contributed by atoms with Crippen molar-refractivity contribution in [1.82, 2.24) is 4.90 Å². The van der Waals surface area contributed by atoms with Crippen molar-refractivity contribution in [2.75, 3.05) is 18.1 Å². The Balaban J connectivity index is 1.99. The molecule has 2 rings (SSSR count). The number of amides is 1. The van der Waals surface area contributed by atoms with Crippen molar-refractivity contribution in [1.29, 1.82) is 0 Å². The molecule has 0 unspecified atom stereocenters. The predicted octanol–water partition coefficient (Wildman–Crippen LogP) is 2.05. The van der Waals surface area contributed by atoms with Gasteiger partial charge >= 0.3 is 5.97 Å². The number of ether oxygens (including phenoxy) is 2. The number of carbonyl (C=O) groups excluding carboxylic acids is 2. The van der Waals surface area contributed by atoms with Crippen LogP contribution in [-0.2, 0) is 19.4 Å². The molecule has 1 saturated heterocycles. The SMILES string of the molecule is CCN(C(=O)[C@H](C)OC(=O)c1ccc(OC(C)C)cc1)[C@@H]1CCS(=O)(=O)C1. The summed E-state index contributed by atoms with van der Waals surface area (Å²) in [7, 11) is -3.10. The molecule has 0 radical (unpaired) electrons. The molecule has 1 amide bonds. The third-order valence-electron chi connectivity index (χ3n) is 4.37. The minimum absolute atomic E-state index is 0.0277. The van der Waals surface area contributed by atoms with Gasteiger partial charge in [0.05, 0.1) is 23.2 Å². The van der Waals surface area contributed by atoms with Crippen LogP contribution in [0.1, 0.15) is 44.5 Å². The molecule has 0 bridgehead atoms. The normalized spacial score (nSPS) is 19.5. The zero-order valence-corrected chi connectivity index (χ0v) is 17.0. The number of nitrogens with zero attached hydrogens (tertiary/aromatic N) is 1. The van der Waals surface area contributed by atoms with Gasteiger partial charge in [0.15, 0.2) is 15.9 Å². The van der Waals surface area contributed by atoms with Crippen LogP contribution in [0, 0.1) is 0 Å². The summed E-state index contributed by atoms with van der Waals surface area (Å²) in [6.45, 7) is 7.46. The monoisotopic (exact) mass is 397 g/mol. The van der Waals surface area contributed by atoms with E-state index in [9.17, 15) is 18.0 Å². The predicted molar refractivity (Wildman–Crippen MR) is 102 cm³/mol. The largest absolute Gasteiger partial charge is 0.491 e. The first-order valence-electron chi connectivity index (χ1n) is 9.11. The number of rotatable bonds is 7. The molecule has 0 spiro atoms. The molecule has 1 aliphatic heterocycles. The van der Waals surface area contributed by atoms with Crippen molar-refractivity contribution >= 4 is 21.7 Å². The Hall–Kier alpha value is -2.09. The molecule has 0 N–H and O–H groups in total. The molecule has 0 aromatic heterocycles. The van der Waals surface area contributed by atoms with Gasteiger partial charge in [0.2, 0.25) is 0 Å². The fraction of sp³-hybridized carbons (Fsp3) is 0.579. The molecule has 7 nitrogen and oxygen atoms in total. The molecule has 1 aromatic rings. The highest BCUT2D eigenvalue weighted by atomic mass is 32.2. The summed E-state index contributed by atoms with van der Waals surface area (Å²) in [5.74, 6) is -0.301. The maximum absolute atomic E-state index is 12.6. The number of esters is 1. The van der Waals surface area contributed by atoms with Crippen molar-refractivity contribution < 1.29 is 27.5 Å². The van der Waals surface area contributed by atoms with Gasteiger partial charge in [0.1, 0.15) is 5.75 Å². The van der Waals surface area contributed by atoms with Crippen molar-refractivity contribution in [3.63, 3.8) is 0 Å². The number of benzene rings is 1. The topological polar surface area (TPSA) is 90.0 Å². The molecule has 2 atom stereocenters. The quantitative estimate of drug-likeness (QED) is 0.654. The highest BCUT2D eigenvalue weighted by molar-refractivity contribution is 7.91. The van der Waals surface area contributed by atoms with Crippen molar-refractivity contribution in [3.8, 4) is 5.75 Å². The number of hydrogen-bond acceptors (Lipinski definition) is 6. The van der Waals surface area contributed by atoms with Crippen molar-refractivity contribution in [3.05, 3.63) is 29.8 Å². The van der Waals surface area contributed by atoms with E-state index in [-0.39, 0.29) is 29.6 Å². The lowest BCUT2D eigenvalue weighted by atomic mass is 10.2. The molecular formula is C19H27NO6S. The third kappa shape index (κ3) is 5.69. The Bertz CT molecular complexity index is 772. The molecule has 1 fully saturated rings. The van der Waals surface area contributed by atoms with E-state index in [1.807, 2.05) is 13.8 Å². The van der Waals surface area contributed by atoms with Gasteiger partial charge in [-0.05, 0) is 58.4 Å². The second-order valence-corrected chi connectivity index (χ2v) is 9.15. The lowest BCUT2D eigenvalue weighted by molar-refractivity contribution is -0.141. The Morgan fingerprint density at radius 1 is 1.19 bits per heavy atom. The minimum Gasteiger partial charge on any atom is -0.491 e. The summed E-state index contributed by atoms with van der Waals surface area (Å²) in [6.07, 6.45) is -0.549. The standard InChI is InChI=1S/C19H27NO6S/c1-5-20(16-10-11-27(23,24)12-16)18(21)14(4)26-19(22)15-6-8-17(9-7-15)25-13(2)3/h6-9,13-14,16H,5,10-12H2,1-4H3/t14-,16+/m0/s1. The van der Waals surface area contributed by atoms with E-state index in [0.29, 0.717) is 24.3 Å². The summed E-state index contributed by atoms with van der Waals surface area (Å²) < 4.78 is 34.2. The summed E-state index contributed by atoms with van der Waals surface area (Å²) in [5, 5.41) is 0. The minimum atomic E-state index is -3.10. The van der Waals surface area contributed by atoms with E-state index in [0.717, 1.165) is 0 Å². The maximum Gasteiger partial charge on any atom is 0.338 e. The van der Waals surface area contributed by atoms with Gasteiger partial charge in [0.25, 0.3) is 5.91 Å². The Morgan fingerprint density at radius 3 is 2.30 bits per heavy atom. The first kappa shape index (κ1) is 21.2. The van der Waals surface area contributed by atoms with Crippen molar-refractivity contribution in [2.24, 2.45) is 0 Å². The molecule has 8 heteroatoms. The number of sulfone groups is 1. The second kappa shape index (κ2) is 8.73. The van der Waals surface area contributed by atoms with Crippen molar-refractivity contribution in [2.45, 2.75) is 52.4 Å². The van der Waals surface area contributed by atoms with Crippen LogP contribution in [0.2, 0.25) is 0 Å². The van der Waals surface area contributed by atoms with Crippen LogP contribution in [0.4, 0.5) is 0 Å². The van der Waals surface area contributed by atoms with Crippen LogP contribution in [0.3, 0.4) is 0 Å². The molecule has 1 aliphatic rings. The van der Waals surface area contributed by atoms with Crippen LogP contribution in [-0.4, -0.2) is 61.5 Å². The number of carbonyl (C=O) groups is 2. The number of hydrogen-bond donors (Lipinski definition) is 0. The highest BCUT2D eigenvalue weighted by Gasteiger charge is 2.36. The second-order valence-electron chi connectivity index (χ2n) is 6.92. The fourth-order valence-corrected chi connectivity index (χ4v) is 4.80. The lowest BCUT2D eigenvalue weighted by Gasteiger charge is -2.29. The Labute approximate surface area is 160 Å². The van der Waals surface area contributed by atoms with Gasteiger partial charge in [-0.2, -0.15) is 0 Å². The van der Waals surface area contributed by atoms with Gasteiger partial charge in [-0.1, -0.05) is 0 Å². The van der Waals surface area contributed by atoms with Crippen LogP contribution >= 0.6 is 0 Å². The van der Waals surface area contributed by atoms with Crippen LogP contribution in [0.25, 0.3) is 0 Å². The van der Waals surface area contributed by atoms with Crippen LogP contribution in [0.15, 0.2) is 24.3 Å². The van der Waals surface area contributed by atoms with Gasteiger partial charge in [-0.3, -0.25) is 4.79 Å². The van der Waals surface area contributed by atoms with E-state index in [4.69, 9.17) is 9.47 Å². The van der Waals surface area contributed by atoms with E-state index < -0.39 is 21.9 Å². The lowest BCUT2D eigenvalue weighted by Crippen LogP contribution is -2.46. The summed E-state index contributed by atoms with van der Waals surface area (Å²) >= 11 is 0. The average Bonchev–Trinajstić information content (AvgIpc) is 2.95. The van der Waals surface area contributed by atoms with Gasteiger partial charge in [-0.15, -0.1) is 0 Å². The van der Waals surface area contributed by atoms with Crippen LogP contribution < -0.4 is 4.74 Å². The average molecular weight is 397 g/mol. The van der Waals surface area contributed by atoms with E-state index in [1.54, 1.807) is 31.2 Å². The van der Waals surface area contributed by atoms with Crippen LogP contribution in [0.5, 0.6) is 5.75 Å². The summed E-state index contributed by atoms with van der Waals surface area (Å²) in [5.41, 5.74) is 0.317. The maximum atomic E-state index is 12.6. The zero-order valence-electron chi connectivity index (χ0n) is 16.2. The zero-order chi connectivity index (χ0) is 20.2. The van der Waals surface area contributed by atoms with Gasteiger partial charge < -0.3 is 14.4 Å². The smallest absolute Gasteiger partial charge is 0.338 e. The van der Waals surface area contributed by atoms with E-state index >= 15 is 0 Å². The first-order valence-corrected chi connectivity index (χ1v) is 10.9. The molecular weight excluding hydrogens is 370 g/mol. The molecule has 27 heavy (non-hydrogen) atoms. The number of likely N-dealkylation sites (N-methyl/N-ethyl adjacent to an activating group) is 1. The highest BCUT2D eigenvalue weighted by Crippen LogP contribution is 2.20.